The van der Waals surface area contributed by atoms with Crippen LogP contribution in [0.15, 0.2) is 83.0 Å². The van der Waals surface area contributed by atoms with Crippen molar-refractivity contribution in [2.75, 3.05) is 6.73 Å². The maximum absolute atomic E-state index is 12.3. The van der Waals surface area contributed by atoms with Crippen LogP contribution in [0, 0.1) is 10.1 Å². The van der Waals surface area contributed by atoms with E-state index in [9.17, 15) is 19.7 Å². The van der Waals surface area contributed by atoms with Gasteiger partial charge in [-0.1, -0.05) is 12.1 Å². The number of non-ortho nitro benzene ring substituents is 1. The number of ether oxygens (including phenoxy) is 1. The molecule has 0 atom stereocenters. The fourth-order valence-electron chi connectivity index (χ4n) is 2.86. The molecule has 4 rings (SSSR count). The molecule has 148 valence electrons. The fourth-order valence-corrected chi connectivity index (χ4v) is 2.86. The zero-order valence-electron chi connectivity index (χ0n) is 15.5. The average molecular weight is 402 g/mol. The Kier molecular flexibility index (Phi) is 5.00. The molecular formula is C21H14N4O5. The van der Waals surface area contributed by atoms with E-state index < -0.39 is 4.92 Å². The molecular weight excluding hydrogens is 388 g/mol. The van der Waals surface area contributed by atoms with Crippen LogP contribution in [-0.4, -0.2) is 28.4 Å². The Balaban J connectivity index is 1.37. The molecule has 0 saturated heterocycles. The van der Waals surface area contributed by atoms with Crippen LogP contribution in [0.1, 0.15) is 20.7 Å². The molecule has 1 aliphatic rings. The number of nitro groups is 1. The zero-order valence-corrected chi connectivity index (χ0v) is 15.5. The Morgan fingerprint density at radius 1 is 0.800 bits per heavy atom. The molecule has 0 spiro atoms. The van der Waals surface area contributed by atoms with E-state index in [2.05, 4.69) is 10.2 Å². The van der Waals surface area contributed by atoms with E-state index in [1.54, 1.807) is 48.5 Å². The third-order valence-corrected chi connectivity index (χ3v) is 4.42. The Morgan fingerprint density at radius 3 is 1.80 bits per heavy atom. The van der Waals surface area contributed by atoms with Crippen LogP contribution in [0.4, 0.5) is 17.1 Å². The molecule has 0 aliphatic carbocycles. The van der Waals surface area contributed by atoms with E-state index in [4.69, 9.17) is 4.74 Å². The lowest BCUT2D eigenvalue weighted by Gasteiger charge is -2.14. The molecule has 2 amide bonds. The maximum atomic E-state index is 12.3. The van der Waals surface area contributed by atoms with Crippen molar-refractivity contribution in [1.29, 1.82) is 0 Å². The Bertz CT molecular complexity index is 1120. The van der Waals surface area contributed by atoms with Crippen molar-refractivity contribution in [1.82, 2.24) is 4.90 Å². The molecule has 0 radical (unpaired) electrons. The summed E-state index contributed by atoms with van der Waals surface area (Å²) < 4.78 is 5.56. The largest absolute Gasteiger partial charge is 0.473 e. The highest BCUT2D eigenvalue weighted by Crippen LogP contribution is 2.25. The van der Waals surface area contributed by atoms with Crippen molar-refractivity contribution in [3.05, 3.63) is 94.0 Å². The first kappa shape index (κ1) is 18.9. The number of fused-ring (bicyclic) bond motifs is 1. The second-order valence-corrected chi connectivity index (χ2v) is 6.32. The number of nitrogens with zero attached hydrogens (tertiary/aromatic N) is 4. The smallest absolute Gasteiger partial charge is 0.269 e. The van der Waals surface area contributed by atoms with E-state index in [1.165, 1.54) is 24.3 Å². The summed E-state index contributed by atoms with van der Waals surface area (Å²) in [7, 11) is 0. The number of carbonyl (C=O) groups excluding carboxylic acids is 2. The molecule has 9 heteroatoms. The summed E-state index contributed by atoms with van der Waals surface area (Å²) in [6.45, 7) is -0.198. The molecule has 0 fully saturated rings. The number of imide groups is 1. The van der Waals surface area contributed by atoms with Crippen molar-refractivity contribution < 1.29 is 19.2 Å². The predicted molar refractivity (Wildman–Crippen MR) is 106 cm³/mol. The lowest BCUT2D eigenvalue weighted by molar-refractivity contribution is -0.384. The number of benzene rings is 3. The van der Waals surface area contributed by atoms with Crippen LogP contribution in [0.2, 0.25) is 0 Å². The molecule has 1 aliphatic heterocycles. The molecule has 3 aromatic rings. The van der Waals surface area contributed by atoms with Crippen molar-refractivity contribution in [3.63, 3.8) is 0 Å². The van der Waals surface area contributed by atoms with Crippen molar-refractivity contribution >= 4 is 28.9 Å². The van der Waals surface area contributed by atoms with E-state index in [0.717, 1.165) is 4.90 Å². The van der Waals surface area contributed by atoms with Gasteiger partial charge >= 0.3 is 0 Å². The van der Waals surface area contributed by atoms with Crippen LogP contribution in [0.5, 0.6) is 5.75 Å². The molecule has 0 unspecified atom stereocenters. The summed E-state index contributed by atoms with van der Waals surface area (Å²) in [6, 6.07) is 18.9. The summed E-state index contributed by atoms with van der Waals surface area (Å²) in [5.41, 5.74) is 1.74. The fraction of sp³-hybridized carbons (Fsp3) is 0.0476. The van der Waals surface area contributed by atoms with E-state index in [1.807, 2.05) is 0 Å². The van der Waals surface area contributed by atoms with Crippen LogP contribution in [-0.2, 0) is 0 Å². The predicted octanol–water partition coefficient (Wildman–Crippen LogP) is 4.64. The number of hydrogen-bond donors (Lipinski definition) is 0. The molecule has 0 aromatic heterocycles. The quantitative estimate of drug-likeness (QED) is 0.258. The molecule has 0 bridgehead atoms. The first-order valence-corrected chi connectivity index (χ1v) is 8.87. The van der Waals surface area contributed by atoms with Crippen molar-refractivity contribution in [2.45, 2.75) is 0 Å². The molecule has 1 heterocycles. The summed E-state index contributed by atoms with van der Waals surface area (Å²) in [4.78, 5) is 35.9. The third kappa shape index (κ3) is 3.76. The molecule has 9 nitrogen and oxygen atoms in total. The Labute approximate surface area is 170 Å². The van der Waals surface area contributed by atoms with Gasteiger partial charge in [0.2, 0.25) is 0 Å². The number of hydrogen-bond acceptors (Lipinski definition) is 7. The van der Waals surface area contributed by atoms with Gasteiger partial charge in [-0.25, -0.2) is 4.90 Å². The number of amides is 2. The minimum Gasteiger partial charge on any atom is -0.473 e. The van der Waals surface area contributed by atoms with Gasteiger partial charge in [0.15, 0.2) is 6.73 Å². The molecule has 0 N–H and O–H groups in total. The van der Waals surface area contributed by atoms with Gasteiger partial charge in [-0.15, -0.1) is 0 Å². The minimum absolute atomic E-state index is 0.0199. The second kappa shape index (κ2) is 7.92. The topological polar surface area (TPSA) is 114 Å². The normalized spacial score (nSPS) is 13.0. The van der Waals surface area contributed by atoms with Gasteiger partial charge in [-0.05, 0) is 48.5 Å². The third-order valence-electron chi connectivity index (χ3n) is 4.42. The molecule has 0 saturated carbocycles. The highest BCUT2D eigenvalue weighted by atomic mass is 16.6. The van der Waals surface area contributed by atoms with Crippen molar-refractivity contribution in [2.24, 2.45) is 10.2 Å². The van der Waals surface area contributed by atoms with Gasteiger partial charge in [-0.3, -0.25) is 19.7 Å². The highest BCUT2D eigenvalue weighted by Gasteiger charge is 2.35. The zero-order chi connectivity index (χ0) is 21.1. The van der Waals surface area contributed by atoms with Crippen LogP contribution < -0.4 is 4.74 Å². The summed E-state index contributed by atoms with van der Waals surface area (Å²) >= 11 is 0. The van der Waals surface area contributed by atoms with Gasteiger partial charge in [0, 0.05) is 12.1 Å². The van der Waals surface area contributed by atoms with Gasteiger partial charge in [-0.2, -0.15) is 10.2 Å². The highest BCUT2D eigenvalue weighted by molar-refractivity contribution is 6.21. The lowest BCUT2D eigenvalue weighted by atomic mass is 10.1. The van der Waals surface area contributed by atoms with Gasteiger partial charge in [0.1, 0.15) is 5.75 Å². The van der Waals surface area contributed by atoms with Crippen molar-refractivity contribution in [3.8, 4) is 5.75 Å². The lowest BCUT2D eigenvalue weighted by Crippen LogP contribution is -2.33. The summed E-state index contributed by atoms with van der Waals surface area (Å²) in [5, 5.41) is 18.7. The standard InChI is InChI=1S/C21H14N4O5/c26-20-18-3-1-2-4-19(18)21(27)24(20)13-30-17-11-7-15(8-12-17)23-22-14-5-9-16(10-6-14)25(28)29/h1-12H,13H2. The van der Waals surface area contributed by atoms with E-state index in [0.29, 0.717) is 28.3 Å². The van der Waals surface area contributed by atoms with E-state index >= 15 is 0 Å². The second-order valence-electron chi connectivity index (χ2n) is 6.32. The molecule has 30 heavy (non-hydrogen) atoms. The first-order valence-electron chi connectivity index (χ1n) is 8.87. The Hall–Kier alpha value is -4.40. The monoisotopic (exact) mass is 402 g/mol. The van der Waals surface area contributed by atoms with Crippen LogP contribution in [0.3, 0.4) is 0 Å². The molecule has 3 aromatic carbocycles. The number of azo groups is 1. The first-order chi connectivity index (χ1) is 14.5. The number of nitro benzene ring substituents is 1. The average Bonchev–Trinajstić information content (AvgIpc) is 3.02. The van der Waals surface area contributed by atoms with Gasteiger partial charge < -0.3 is 4.74 Å². The SMILES string of the molecule is O=C1c2ccccc2C(=O)N1COc1ccc(N=Nc2ccc([N+](=O)[O-])cc2)cc1. The van der Waals surface area contributed by atoms with Gasteiger partial charge in [0.25, 0.3) is 17.5 Å². The van der Waals surface area contributed by atoms with Gasteiger partial charge in [0.05, 0.1) is 27.4 Å². The maximum Gasteiger partial charge on any atom is 0.269 e. The summed E-state index contributed by atoms with van der Waals surface area (Å²) in [6.07, 6.45) is 0. The summed E-state index contributed by atoms with van der Waals surface area (Å²) in [5.74, 6) is -0.311. The van der Waals surface area contributed by atoms with Crippen LogP contribution in [0.25, 0.3) is 0 Å². The number of rotatable bonds is 6. The van der Waals surface area contributed by atoms with E-state index in [-0.39, 0.29) is 24.2 Å². The van der Waals surface area contributed by atoms with Crippen LogP contribution >= 0.6 is 0 Å². The Morgan fingerprint density at radius 2 is 1.30 bits per heavy atom. The minimum atomic E-state index is -0.485. The number of carbonyl (C=O) groups is 2.